The first-order valence-electron chi connectivity index (χ1n) is 12.1. The first kappa shape index (κ1) is 25.1. The van der Waals surface area contributed by atoms with Crippen LogP contribution in [0.3, 0.4) is 0 Å². The van der Waals surface area contributed by atoms with Crippen LogP contribution in [0.15, 0.2) is 29.2 Å². The molecule has 1 N–H and O–H groups in total. The maximum Gasteiger partial charge on any atom is 0.243 e. The Balaban J connectivity index is 1.56. The molecule has 0 aromatic heterocycles. The lowest BCUT2D eigenvalue weighted by Gasteiger charge is -2.38. The molecule has 7 nitrogen and oxygen atoms in total. The van der Waals surface area contributed by atoms with Crippen molar-refractivity contribution in [3.05, 3.63) is 29.8 Å². The van der Waals surface area contributed by atoms with Gasteiger partial charge in [-0.25, -0.2) is 8.42 Å². The monoisotopic (exact) mass is 465 g/mol. The minimum absolute atomic E-state index is 0.0270. The Labute approximate surface area is 193 Å². The summed E-state index contributed by atoms with van der Waals surface area (Å²) in [6.07, 6.45) is 5.34. The lowest BCUT2D eigenvalue weighted by molar-refractivity contribution is -0.121. The predicted octanol–water partition coefficient (Wildman–Crippen LogP) is 2.66. The van der Waals surface area contributed by atoms with Gasteiger partial charge in [0, 0.05) is 38.8 Å². The fraction of sp³-hybridized carbons (Fsp3) is 0.708. The molecule has 2 aliphatic heterocycles. The van der Waals surface area contributed by atoms with Crippen LogP contribution >= 0.6 is 0 Å². The van der Waals surface area contributed by atoms with Gasteiger partial charge in [-0.3, -0.25) is 9.69 Å². The number of carbonyl (C=O) groups excluding carboxylic acids is 1. The molecule has 2 saturated heterocycles. The van der Waals surface area contributed by atoms with Crippen LogP contribution in [0.25, 0.3) is 0 Å². The van der Waals surface area contributed by atoms with E-state index in [9.17, 15) is 13.2 Å². The third kappa shape index (κ3) is 6.53. The Morgan fingerprint density at radius 1 is 1.00 bits per heavy atom. The topological polar surface area (TPSA) is 79.0 Å². The van der Waals surface area contributed by atoms with E-state index < -0.39 is 10.0 Å². The van der Waals surface area contributed by atoms with Crippen LogP contribution in [0.5, 0.6) is 0 Å². The SMILES string of the molecule is CCC(CC)C(CNC(=O)Cc1ccc(S(=O)(=O)N2CCCCC2)cc1)N1CCOCC1. The Morgan fingerprint density at radius 2 is 1.62 bits per heavy atom. The average Bonchev–Trinajstić information content (AvgIpc) is 2.83. The largest absolute Gasteiger partial charge is 0.379 e. The van der Waals surface area contributed by atoms with E-state index in [0.717, 1.165) is 64.0 Å². The van der Waals surface area contributed by atoms with Crippen molar-refractivity contribution in [2.24, 2.45) is 5.92 Å². The second-order valence-electron chi connectivity index (χ2n) is 8.88. The Hall–Kier alpha value is -1.48. The summed E-state index contributed by atoms with van der Waals surface area (Å²) < 4.78 is 32.7. The lowest BCUT2D eigenvalue weighted by Crippen LogP contribution is -2.52. The van der Waals surface area contributed by atoms with Crippen molar-refractivity contribution >= 4 is 15.9 Å². The number of hydrogen-bond donors (Lipinski definition) is 1. The minimum atomic E-state index is -3.44. The van der Waals surface area contributed by atoms with Crippen molar-refractivity contribution in [1.29, 1.82) is 0 Å². The van der Waals surface area contributed by atoms with Crippen molar-refractivity contribution in [3.8, 4) is 0 Å². The van der Waals surface area contributed by atoms with Gasteiger partial charge in [-0.05, 0) is 36.5 Å². The second-order valence-corrected chi connectivity index (χ2v) is 10.8. The van der Waals surface area contributed by atoms with Crippen LogP contribution in [-0.4, -0.2) is 75.5 Å². The van der Waals surface area contributed by atoms with Crippen molar-refractivity contribution < 1.29 is 17.9 Å². The molecule has 1 amide bonds. The fourth-order valence-corrected chi connectivity index (χ4v) is 6.35. The molecule has 0 radical (unpaired) electrons. The van der Waals surface area contributed by atoms with Crippen LogP contribution in [0.2, 0.25) is 0 Å². The summed E-state index contributed by atoms with van der Waals surface area (Å²) in [5, 5.41) is 3.13. The van der Waals surface area contributed by atoms with Crippen LogP contribution in [0, 0.1) is 5.92 Å². The van der Waals surface area contributed by atoms with E-state index in [4.69, 9.17) is 4.74 Å². The zero-order chi connectivity index (χ0) is 23.0. The number of carbonyl (C=O) groups is 1. The molecule has 1 atom stereocenters. The average molecular weight is 466 g/mol. The number of ether oxygens (including phenoxy) is 1. The third-order valence-electron chi connectivity index (χ3n) is 6.86. The van der Waals surface area contributed by atoms with Gasteiger partial charge in [-0.15, -0.1) is 0 Å². The van der Waals surface area contributed by atoms with Gasteiger partial charge in [0.05, 0.1) is 24.5 Å². The summed E-state index contributed by atoms with van der Waals surface area (Å²) in [6.45, 7) is 9.54. The van der Waals surface area contributed by atoms with Crippen LogP contribution in [-0.2, 0) is 26.0 Å². The van der Waals surface area contributed by atoms with Crippen LogP contribution in [0.1, 0.15) is 51.5 Å². The zero-order valence-corrected chi connectivity index (χ0v) is 20.4. The first-order valence-corrected chi connectivity index (χ1v) is 13.6. The molecule has 0 bridgehead atoms. The molecule has 0 saturated carbocycles. The standard InChI is InChI=1S/C24H39N3O4S/c1-3-21(4-2)23(26-14-16-31-17-15-26)19-25-24(28)18-20-8-10-22(11-9-20)32(29,30)27-12-6-5-7-13-27/h8-11,21,23H,3-7,12-19H2,1-2H3,(H,25,28). The van der Waals surface area contributed by atoms with Gasteiger partial charge in [0.2, 0.25) is 15.9 Å². The maximum atomic E-state index is 12.8. The van der Waals surface area contributed by atoms with Gasteiger partial charge in [-0.1, -0.05) is 45.2 Å². The molecule has 2 fully saturated rings. The molecule has 1 aromatic rings. The van der Waals surface area contributed by atoms with E-state index in [0.29, 0.717) is 36.5 Å². The minimum Gasteiger partial charge on any atom is -0.379 e. The van der Waals surface area contributed by atoms with Crippen molar-refractivity contribution in [2.45, 2.75) is 63.3 Å². The van der Waals surface area contributed by atoms with Crippen molar-refractivity contribution in [1.82, 2.24) is 14.5 Å². The van der Waals surface area contributed by atoms with E-state index in [-0.39, 0.29) is 12.3 Å². The number of rotatable bonds is 10. The molecule has 0 spiro atoms. The molecule has 180 valence electrons. The third-order valence-corrected chi connectivity index (χ3v) is 8.77. The van der Waals surface area contributed by atoms with Crippen molar-refractivity contribution in [3.63, 3.8) is 0 Å². The highest BCUT2D eigenvalue weighted by Crippen LogP contribution is 2.22. The van der Waals surface area contributed by atoms with Gasteiger partial charge in [0.25, 0.3) is 0 Å². The van der Waals surface area contributed by atoms with Gasteiger partial charge >= 0.3 is 0 Å². The first-order chi connectivity index (χ1) is 15.5. The second kappa shape index (κ2) is 12.1. The molecular formula is C24H39N3O4S. The maximum absolute atomic E-state index is 12.8. The van der Waals surface area contributed by atoms with E-state index in [1.807, 2.05) is 0 Å². The fourth-order valence-electron chi connectivity index (χ4n) is 4.84. The van der Waals surface area contributed by atoms with E-state index in [1.165, 1.54) is 0 Å². The quantitative estimate of drug-likeness (QED) is 0.575. The van der Waals surface area contributed by atoms with Gasteiger partial charge < -0.3 is 10.1 Å². The molecule has 1 aromatic carbocycles. The Kier molecular flexibility index (Phi) is 9.52. The lowest BCUT2D eigenvalue weighted by atomic mass is 9.92. The molecule has 2 heterocycles. The highest BCUT2D eigenvalue weighted by atomic mass is 32.2. The van der Waals surface area contributed by atoms with Gasteiger partial charge in [0.15, 0.2) is 0 Å². The Bertz CT molecular complexity index is 812. The summed E-state index contributed by atoms with van der Waals surface area (Å²) in [5.41, 5.74) is 0.825. The molecule has 3 rings (SSSR count). The van der Waals surface area contributed by atoms with Crippen molar-refractivity contribution in [2.75, 3.05) is 45.9 Å². The number of morpholine rings is 1. The summed E-state index contributed by atoms with van der Waals surface area (Å²) >= 11 is 0. The highest BCUT2D eigenvalue weighted by Gasteiger charge is 2.28. The number of nitrogens with zero attached hydrogens (tertiary/aromatic N) is 2. The summed E-state index contributed by atoms with van der Waals surface area (Å²) in [4.78, 5) is 15.4. The van der Waals surface area contributed by atoms with E-state index in [2.05, 4.69) is 24.1 Å². The Morgan fingerprint density at radius 3 is 2.22 bits per heavy atom. The number of piperidine rings is 1. The molecular weight excluding hydrogens is 426 g/mol. The van der Waals surface area contributed by atoms with Gasteiger partial charge in [0.1, 0.15) is 0 Å². The summed E-state index contributed by atoms with van der Waals surface area (Å²) in [5.74, 6) is 0.508. The van der Waals surface area contributed by atoms with E-state index >= 15 is 0 Å². The normalized spacial score (nSPS) is 19.7. The number of amides is 1. The summed E-state index contributed by atoms with van der Waals surface area (Å²) in [6, 6.07) is 7.10. The zero-order valence-electron chi connectivity index (χ0n) is 19.6. The smallest absolute Gasteiger partial charge is 0.243 e. The van der Waals surface area contributed by atoms with Crippen LogP contribution < -0.4 is 5.32 Å². The molecule has 8 heteroatoms. The number of benzene rings is 1. The number of sulfonamides is 1. The van der Waals surface area contributed by atoms with E-state index in [1.54, 1.807) is 28.6 Å². The highest BCUT2D eigenvalue weighted by molar-refractivity contribution is 7.89. The molecule has 1 unspecified atom stereocenters. The van der Waals surface area contributed by atoms with Gasteiger partial charge in [-0.2, -0.15) is 4.31 Å². The molecule has 0 aliphatic carbocycles. The molecule has 32 heavy (non-hydrogen) atoms. The van der Waals surface area contributed by atoms with Crippen LogP contribution in [0.4, 0.5) is 0 Å². The summed E-state index contributed by atoms with van der Waals surface area (Å²) in [7, 11) is -3.44. The number of nitrogens with one attached hydrogen (secondary N) is 1. The number of hydrogen-bond acceptors (Lipinski definition) is 5. The molecule has 2 aliphatic rings. The predicted molar refractivity (Wildman–Crippen MR) is 126 cm³/mol.